The van der Waals surface area contributed by atoms with E-state index in [9.17, 15) is 14.4 Å². The minimum absolute atomic E-state index is 0.00487. The van der Waals surface area contributed by atoms with Crippen LogP contribution in [0.1, 0.15) is 58.9 Å². The molecule has 1 saturated heterocycles. The molecule has 2 rings (SSSR count). The van der Waals surface area contributed by atoms with Gasteiger partial charge >= 0.3 is 12.1 Å². The summed E-state index contributed by atoms with van der Waals surface area (Å²) < 4.78 is 9.87. The van der Waals surface area contributed by atoms with E-state index in [1.54, 1.807) is 27.0 Å². The van der Waals surface area contributed by atoms with Crippen molar-refractivity contribution >= 4 is 23.8 Å². The number of anilines is 1. The lowest BCUT2D eigenvalue weighted by Gasteiger charge is -2.31. The monoisotopic (exact) mass is 448 g/mol. The van der Waals surface area contributed by atoms with Crippen molar-refractivity contribution in [2.75, 3.05) is 25.1 Å². The molecule has 1 aliphatic rings. The van der Waals surface area contributed by atoms with E-state index in [1.807, 2.05) is 12.1 Å². The normalized spacial score (nSPS) is 15.6. The summed E-state index contributed by atoms with van der Waals surface area (Å²) in [6.45, 7) is 9.73. The summed E-state index contributed by atoms with van der Waals surface area (Å²) in [6.07, 6.45) is 3.45. The summed E-state index contributed by atoms with van der Waals surface area (Å²) in [6, 6.07) is 2.97. The van der Waals surface area contributed by atoms with E-state index in [-0.39, 0.29) is 19.4 Å². The van der Waals surface area contributed by atoms with Gasteiger partial charge in [0.05, 0.1) is 7.11 Å². The Kier molecular flexibility index (Phi) is 9.28. The number of esters is 1. The van der Waals surface area contributed by atoms with Gasteiger partial charge in [-0.25, -0.2) is 9.78 Å². The van der Waals surface area contributed by atoms with Crippen LogP contribution in [0.5, 0.6) is 0 Å². The van der Waals surface area contributed by atoms with Crippen molar-refractivity contribution in [3.05, 3.63) is 23.9 Å². The Balaban J connectivity index is 1.92. The first-order valence-corrected chi connectivity index (χ1v) is 11.1. The molecule has 178 valence electrons. The number of carbonyl (C=O) groups excluding carboxylic acids is 3. The molecule has 2 N–H and O–H groups in total. The Bertz CT molecular complexity index is 768. The molecule has 9 nitrogen and oxygen atoms in total. The summed E-state index contributed by atoms with van der Waals surface area (Å²) in [5, 5.41) is 5.34. The molecule has 1 aromatic heterocycles. The van der Waals surface area contributed by atoms with Crippen LogP contribution in [0, 0.1) is 5.92 Å². The number of piperidine rings is 1. The number of nitrogens with zero attached hydrogens (tertiary/aromatic N) is 2. The van der Waals surface area contributed by atoms with Gasteiger partial charge in [-0.05, 0) is 57.6 Å². The standard InChI is InChI=1S/C23H36N4O5/c1-16-10-12-27(13-11-16)19-8-6-17(14-24-19)15-25-21(29)18(7-9-20(28)31-5)26-22(30)32-23(2,3)4/h6,8,14,16,18H,7,9-13,15H2,1-5H3,(H,25,29)(H,26,30)/t18-/m1/s1. The summed E-state index contributed by atoms with van der Waals surface area (Å²) >= 11 is 0. The predicted octanol–water partition coefficient (Wildman–Crippen LogP) is 2.78. The molecule has 0 saturated carbocycles. The van der Waals surface area contributed by atoms with E-state index < -0.39 is 29.6 Å². The maximum absolute atomic E-state index is 12.7. The summed E-state index contributed by atoms with van der Waals surface area (Å²) in [5.74, 6) is 0.825. The Morgan fingerprint density at radius 3 is 2.47 bits per heavy atom. The minimum atomic E-state index is -0.925. The zero-order valence-electron chi connectivity index (χ0n) is 19.8. The molecule has 0 aromatic carbocycles. The zero-order chi connectivity index (χ0) is 23.7. The van der Waals surface area contributed by atoms with Gasteiger partial charge in [0, 0.05) is 32.3 Å². The molecule has 1 aromatic rings. The average Bonchev–Trinajstić information content (AvgIpc) is 2.74. The van der Waals surface area contributed by atoms with Crippen LogP contribution in [-0.4, -0.2) is 54.8 Å². The van der Waals surface area contributed by atoms with Crippen LogP contribution in [0.4, 0.5) is 10.6 Å². The summed E-state index contributed by atoms with van der Waals surface area (Å²) in [7, 11) is 1.28. The van der Waals surface area contributed by atoms with Crippen LogP contribution in [0.2, 0.25) is 0 Å². The number of aromatic nitrogens is 1. The van der Waals surface area contributed by atoms with Crippen LogP contribution in [-0.2, 0) is 25.6 Å². The van der Waals surface area contributed by atoms with Gasteiger partial charge in [0.15, 0.2) is 0 Å². The molecule has 0 radical (unpaired) electrons. The second-order valence-corrected chi connectivity index (χ2v) is 9.23. The fraction of sp³-hybridized carbons (Fsp3) is 0.652. The third-order valence-corrected chi connectivity index (χ3v) is 5.26. The molecule has 1 fully saturated rings. The molecule has 1 atom stereocenters. The van der Waals surface area contributed by atoms with Crippen LogP contribution < -0.4 is 15.5 Å². The lowest BCUT2D eigenvalue weighted by molar-refractivity contribution is -0.141. The molecule has 0 aliphatic carbocycles. The topological polar surface area (TPSA) is 110 Å². The van der Waals surface area contributed by atoms with Gasteiger partial charge in [-0.2, -0.15) is 0 Å². The first-order chi connectivity index (χ1) is 15.1. The third kappa shape index (κ3) is 8.72. The second-order valence-electron chi connectivity index (χ2n) is 9.23. The molecule has 0 bridgehead atoms. The Morgan fingerprint density at radius 2 is 1.91 bits per heavy atom. The highest BCUT2D eigenvalue weighted by Crippen LogP contribution is 2.21. The maximum atomic E-state index is 12.7. The summed E-state index contributed by atoms with van der Waals surface area (Å²) in [4.78, 5) is 43.1. The fourth-order valence-corrected chi connectivity index (χ4v) is 3.34. The number of ether oxygens (including phenoxy) is 2. The van der Waals surface area contributed by atoms with E-state index in [4.69, 9.17) is 4.74 Å². The van der Waals surface area contributed by atoms with Crippen molar-refractivity contribution in [3.63, 3.8) is 0 Å². The number of pyridine rings is 1. The second kappa shape index (κ2) is 11.7. The van der Waals surface area contributed by atoms with Crippen LogP contribution in [0.15, 0.2) is 18.3 Å². The van der Waals surface area contributed by atoms with Crippen LogP contribution in [0.25, 0.3) is 0 Å². The molecular weight excluding hydrogens is 412 g/mol. The number of hydrogen-bond donors (Lipinski definition) is 2. The van der Waals surface area contributed by atoms with Crippen molar-refractivity contribution in [1.29, 1.82) is 0 Å². The Labute approximate surface area is 190 Å². The summed E-state index contributed by atoms with van der Waals surface area (Å²) in [5.41, 5.74) is 0.143. The van der Waals surface area contributed by atoms with Crippen molar-refractivity contribution < 1.29 is 23.9 Å². The van der Waals surface area contributed by atoms with Crippen molar-refractivity contribution in [2.24, 2.45) is 5.92 Å². The molecule has 1 aliphatic heterocycles. The van der Waals surface area contributed by atoms with Gasteiger partial charge in [-0.1, -0.05) is 13.0 Å². The first-order valence-electron chi connectivity index (χ1n) is 11.1. The molecule has 0 unspecified atom stereocenters. The average molecular weight is 449 g/mol. The molecule has 2 heterocycles. The quantitative estimate of drug-likeness (QED) is 0.589. The van der Waals surface area contributed by atoms with E-state index in [2.05, 4.69) is 32.2 Å². The molecular formula is C23H36N4O5. The number of carbonyl (C=O) groups is 3. The number of hydrogen-bond acceptors (Lipinski definition) is 7. The maximum Gasteiger partial charge on any atom is 0.408 e. The van der Waals surface area contributed by atoms with Crippen LogP contribution in [0.3, 0.4) is 0 Å². The number of alkyl carbamates (subject to hydrolysis) is 1. The first kappa shape index (κ1) is 25.4. The van der Waals surface area contributed by atoms with Gasteiger partial charge in [0.2, 0.25) is 5.91 Å². The largest absolute Gasteiger partial charge is 0.469 e. The van der Waals surface area contributed by atoms with E-state index in [0.717, 1.165) is 43.2 Å². The number of methoxy groups -OCH3 is 1. The number of nitrogens with one attached hydrogen (secondary N) is 2. The highest BCUT2D eigenvalue weighted by atomic mass is 16.6. The molecule has 0 spiro atoms. The highest BCUT2D eigenvalue weighted by Gasteiger charge is 2.25. The minimum Gasteiger partial charge on any atom is -0.469 e. The van der Waals surface area contributed by atoms with Gasteiger partial charge in [-0.3, -0.25) is 9.59 Å². The van der Waals surface area contributed by atoms with Crippen molar-refractivity contribution in [2.45, 2.75) is 71.6 Å². The van der Waals surface area contributed by atoms with Gasteiger partial charge in [0.1, 0.15) is 17.5 Å². The third-order valence-electron chi connectivity index (χ3n) is 5.26. The molecule has 9 heteroatoms. The van der Waals surface area contributed by atoms with E-state index in [1.165, 1.54) is 7.11 Å². The zero-order valence-corrected chi connectivity index (χ0v) is 19.8. The number of rotatable bonds is 8. The predicted molar refractivity (Wildman–Crippen MR) is 121 cm³/mol. The smallest absolute Gasteiger partial charge is 0.408 e. The van der Waals surface area contributed by atoms with Gasteiger partial charge in [0.25, 0.3) is 0 Å². The molecule has 2 amide bonds. The lowest BCUT2D eigenvalue weighted by atomic mass is 9.99. The van der Waals surface area contributed by atoms with Crippen molar-refractivity contribution in [3.8, 4) is 0 Å². The lowest BCUT2D eigenvalue weighted by Crippen LogP contribution is -2.48. The van der Waals surface area contributed by atoms with E-state index >= 15 is 0 Å². The number of amides is 2. The van der Waals surface area contributed by atoms with Gasteiger partial charge in [-0.15, -0.1) is 0 Å². The van der Waals surface area contributed by atoms with E-state index in [0.29, 0.717) is 0 Å². The van der Waals surface area contributed by atoms with Crippen LogP contribution >= 0.6 is 0 Å². The fourth-order valence-electron chi connectivity index (χ4n) is 3.34. The molecule has 32 heavy (non-hydrogen) atoms. The Hall–Kier alpha value is -2.84. The SMILES string of the molecule is COC(=O)CC[C@@H](NC(=O)OC(C)(C)C)C(=O)NCc1ccc(N2CCC(C)CC2)nc1. The van der Waals surface area contributed by atoms with Gasteiger partial charge < -0.3 is 25.0 Å². The Morgan fingerprint density at radius 1 is 1.22 bits per heavy atom. The highest BCUT2D eigenvalue weighted by molar-refractivity contribution is 5.86. The van der Waals surface area contributed by atoms with Crippen molar-refractivity contribution in [1.82, 2.24) is 15.6 Å².